The maximum Gasteiger partial charge on any atom is 0.313 e. The minimum Gasteiger partial charge on any atom is -0.489 e. The second kappa shape index (κ2) is 10.4. The van der Waals surface area contributed by atoms with Crippen molar-refractivity contribution in [2.24, 2.45) is 11.3 Å². The molecule has 1 aliphatic rings. The maximum absolute atomic E-state index is 12.6. The first-order valence-electron chi connectivity index (χ1n) is 12.1. The van der Waals surface area contributed by atoms with Gasteiger partial charge in [0, 0.05) is 35.1 Å². The van der Waals surface area contributed by atoms with Gasteiger partial charge in [-0.2, -0.15) is 0 Å². The Hall–Kier alpha value is -4.30. The van der Waals surface area contributed by atoms with Crippen LogP contribution in [0.2, 0.25) is 0 Å². The Kier molecular flexibility index (Phi) is 6.83. The molecule has 0 spiro atoms. The van der Waals surface area contributed by atoms with Gasteiger partial charge in [-0.15, -0.1) is 0 Å². The van der Waals surface area contributed by atoms with Gasteiger partial charge in [-0.3, -0.25) is 24.8 Å². The van der Waals surface area contributed by atoms with Gasteiger partial charge in [0.15, 0.2) is 0 Å². The highest BCUT2D eigenvalue weighted by molar-refractivity contribution is 5.93. The van der Waals surface area contributed by atoms with E-state index in [1.165, 1.54) is 0 Å². The number of hydrogen-bond acceptors (Lipinski definition) is 7. The fourth-order valence-corrected chi connectivity index (χ4v) is 4.77. The summed E-state index contributed by atoms with van der Waals surface area (Å²) in [4.78, 5) is 33.3. The second-order valence-electron chi connectivity index (χ2n) is 9.16. The number of fused-ring (bicyclic) bond motifs is 1. The Morgan fingerprint density at radius 1 is 1.08 bits per heavy atom. The lowest BCUT2D eigenvalue weighted by Gasteiger charge is -2.16. The van der Waals surface area contributed by atoms with Crippen LogP contribution in [-0.2, 0) is 27.4 Å². The molecular formula is C29H27N3O5. The molecule has 0 saturated heterocycles. The molecule has 2 atom stereocenters. The topological polar surface area (TPSA) is 111 Å². The molecule has 1 unspecified atom stereocenters. The van der Waals surface area contributed by atoms with E-state index in [9.17, 15) is 9.59 Å². The maximum atomic E-state index is 12.6. The largest absolute Gasteiger partial charge is 0.489 e. The first-order valence-corrected chi connectivity index (χ1v) is 12.1. The number of nitrogens with one attached hydrogen (secondary N) is 1. The highest BCUT2D eigenvalue weighted by Crippen LogP contribution is 2.56. The van der Waals surface area contributed by atoms with Crippen molar-refractivity contribution in [1.29, 1.82) is 0 Å². The van der Waals surface area contributed by atoms with Crippen molar-refractivity contribution in [2.75, 3.05) is 6.61 Å². The molecule has 37 heavy (non-hydrogen) atoms. The number of amides is 1. The average molecular weight is 498 g/mol. The number of benzene rings is 2. The van der Waals surface area contributed by atoms with E-state index in [2.05, 4.69) is 22.1 Å². The summed E-state index contributed by atoms with van der Waals surface area (Å²) in [5.74, 6) is -0.900. The molecule has 1 fully saturated rings. The Balaban J connectivity index is 1.27. The predicted molar refractivity (Wildman–Crippen MR) is 137 cm³/mol. The van der Waals surface area contributed by atoms with Gasteiger partial charge in [0.25, 0.3) is 0 Å². The molecule has 5 rings (SSSR count). The first-order chi connectivity index (χ1) is 18.0. The van der Waals surface area contributed by atoms with Crippen LogP contribution in [0.4, 0.5) is 0 Å². The minimum absolute atomic E-state index is 0.231. The Morgan fingerprint density at radius 2 is 1.92 bits per heavy atom. The smallest absolute Gasteiger partial charge is 0.313 e. The third-order valence-corrected chi connectivity index (χ3v) is 6.85. The highest BCUT2D eigenvalue weighted by atomic mass is 16.5. The highest BCUT2D eigenvalue weighted by Gasteiger charge is 2.64. The van der Waals surface area contributed by atoms with Crippen LogP contribution in [-0.4, -0.2) is 33.7 Å². The Bertz CT molecular complexity index is 1420. The molecule has 2 heterocycles. The van der Waals surface area contributed by atoms with Crippen LogP contribution in [0.25, 0.3) is 22.0 Å². The summed E-state index contributed by atoms with van der Waals surface area (Å²) in [5.41, 5.74) is 5.57. The molecule has 1 amide bonds. The lowest BCUT2D eigenvalue weighted by atomic mass is 9.93. The molecule has 0 radical (unpaired) electrons. The summed E-state index contributed by atoms with van der Waals surface area (Å²) < 4.78 is 11.3. The molecule has 8 heteroatoms. The summed E-state index contributed by atoms with van der Waals surface area (Å²) in [6.07, 6.45) is 6.05. The van der Waals surface area contributed by atoms with Gasteiger partial charge in [0.2, 0.25) is 5.91 Å². The number of rotatable bonds is 9. The van der Waals surface area contributed by atoms with Crippen molar-refractivity contribution < 1.29 is 24.3 Å². The third-order valence-electron chi connectivity index (χ3n) is 6.85. The number of nitrogens with zero attached hydrogens (tertiary/aromatic N) is 2. The van der Waals surface area contributed by atoms with Crippen molar-refractivity contribution in [1.82, 2.24) is 15.4 Å². The number of carbonyl (C=O) groups is 2. The molecule has 2 N–H and O–H groups in total. The van der Waals surface area contributed by atoms with E-state index in [0.29, 0.717) is 25.2 Å². The van der Waals surface area contributed by atoms with Gasteiger partial charge >= 0.3 is 5.97 Å². The monoisotopic (exact) mass is 497 g/mol. The zero-order valence-corrected chi connectivity index (χ0v) is 20.4. The molecule has 0 aliphatic heterocycles. The number of hydroxylamine groups is 1. The molecular weight excluding hydrogens is 470 g/mol. The Morgan fingerprint density at radius 3 is 2.65 bits per heavy atom. The van der Waals surface area contributed by atoms with E-state index in [0.717, 1.165) is 33.2 Å². The summed E-state index contributed by atoms with van der Waals surface area (Å²) >= 11 is 0. The van der Waals surface area contributed by atoms with Crippen molar-refractivity contribution in [3.63, 3.8) is 0 Å². The van der Waals surface area contributed by atoms with Gasteiger partial charge in [-0.1, -0.05) is 30.3 Å². The number of carbonyl (C=O) groups excluding carboxylic acids is 2. The van der Waals surface area contributed by atoms with Gasteiger partial charge in [-0.25, -0.2) is 5.48 Å². The molecule has 188 valence electrons. The molecule has 8 nitrogen and oxygen atoms in total. The van der Waals surface area contributed by atoms with E-state index in [-0.39, 0.29) is 6.61 Å². The molecule has 1 saturated carbocycles. The lowest BCUT2D eigenvalue weighted by molar-refractivity contribution is -0.152. The van der Waals surface area contributed by atoms with Crippen LogP contribution in [0, 0.1) is 11.3 Å². The van der Waals surface area contributed by atoms with E-state index in [1.54, 1.807) is 24.8 Å². The average Bonchev–Trinajstić information content (AvgIpc) is 3.67. The zero-order chi connectivity index (χ0) is 25.8. The standard InChI is InChI=1S/C29H27N3O5/c1-2-36-28(34)29(16-25(29)27(33)32-35)15-19-5-8-23(9-6-19)37-18-22-11-13-31-26-14-20(7-10-24(22)26)21-4-3-12-30-17-21/h3-14,17,25,35H,2,15-16,18H2,1H3,(H,32,33)/t25?,29-/m0/s1. The fourth-order valence-electron chi connectivity index (χ4n) is 4.77. The van der Waals surface area contributed by atoms with Gasteiger partial charge in [0.05, 0.1) is 23.5 Å². The predicted octanol–water partition coefficient (Wildman–Crippen LogP) is 4.49. The number of ether oxygens (including phenoxy) is 2. The summed E-state index contributed by atoms with van der Waals surface area (Å²) in [7, 11) is 0. The molecule has 0 bridgehead atoms. The van der Waals surface area contributed by atoms with Gasteiger partial charge < -0.3 is 9.47 Å². The van der Waals surface area contributed by atoms with E-state index in [4.69, 9.17) is 14.7 Å². The van der Waals surface area contributed by atoms with Crippen LogP contribution in [0.15, 0.2) is 79.3 Å². The summed E-state index contributed by atoms with van der Waals surface area (Å²) in [6, 6.07) is 19.5. The zero-order valence-electron chi connectivity index (χ0n) is 20.4. The third kappa shape index (κ3) is 5.01. The van der Waals surface area contributed by atoms with Crippen molar-refractivity contribution in [3.05, 3.63) is 90.4 Å². The van der Waals surface area contributed by atoms with Crippen LogP contribution in [0.3, 0.4) is 0 Å². The molecule has 2 aromatic carbocycles. The van der Waals surface area contributed by atoms with Crippen LogP contribution in [0.5, 0.6) is 5.75 Å². The quantitative estimate of drug-likeness (QED) is 0.199. The number of esters is 1. The van der Waals surface area contributed by atoms with Gasteiger partial charge in [0.1, 0.15) is 12.4 Å². The molecule has 1 aliphatic carbocycles. The van der Waals surface area contributed by atoms with Crippen LogP contribution < -0.4 is 10.2 Å². The fraction of sp³-hybridized carbons (Fsp3) is 0.241. The van der Waals surface area contributed by atoms with E-state index in [1.807, 2.05) is 54.7 Å². The summed E-state index contributed by atoms with van der Waals surface area (Å²) in [6.45, 7) is 2.33. The number of aromatic nitrogens is 2. The van der Waals surface area contributed by atoms with E-state index < -0.39 is 23.2 Å². The first kappa shape index (κ1) is 24.4. The van der Waals surface area contributed by atoms with Gasteiger partial charge in [-0.05, 0) is 61.2 Å². The SMILES string of the molecule is CCOC(=O)[C@@]1(Cc2ccc(OCc3ccnc4cc(-c5cccnc5)ccc34)cc2)CC1C(=O)NO. The summed E-state index contributed by atoms with van der Waals surface area (Å²) in [5, 5.41) is 10.0. The minimum atomic E-state index is -0.949. The van der Waals surface area contributed by atoms with E-state index >= 15 is 0 Å². The lowest BCUT2D eigenvalue weighted by Crippen LogP contribution is -2.30. The van der Waals surface area contributed by atoms with Crippen molar-refractivity contribution >= 4 is 22.8 Å². The molecule has 4 aromatic rings. The van der Waals surface area contributed by atoms with Crippen molar-refractivity contribution in [2.45, 2.75) is 26.4 Å². The van der Waals surface area contributed by atoms with Crippen LogP contribution in [0.1, 0.15) is 24.5 Å². The van der Waals surface area contributed by atoms with Crippen molar-refractivity contribution in [3.8, 4) is 16.9 Å². The normalized spacial score (nSPS) is 18.3. The second-order valence-corrected chi connectivity index (χ2v) is 9.16. The number of hydrogen-bond donors (Lipinski definition) is 2. The van der Waals surface area contributed by atoms with Crippen LogP contribution >= 0.6 is 0 Å². The number of pyridine rings is 2. The molecule has 2 aromatic heterocycles. The Labute approximate surface area is 214 Å².